The van der Waals surface area contributed by atoms with Crippen molar-refractivity contribution in [2.24, 2.45) is 0 Å². The maximum absolute atomic E-state index is 12.8. The highest BCUT2D eigenvalue weighted by atomic mass is 32.2. The largest absolute Gasteiger partial charge is 0.493 e. The number of rotatable bonds is 8. The summed E-state index contributed by atoms with van der Waals surface area (Å²) in [6, 6.07) is 11.1. The molecule has 2 heterocycles. The highest BCUT2D eigenvalue weighted by Gasteiger charge is 2.24. The summed E-state index contributed by atoms with van der Waals surface area (Å²) in [5.74, 6) is 1.92. The zero-order chi connectivity index (χ0) is 24.9. The SMILES string of the molecule is COc1cc2c(cc1OC)CN(C(=O)COC(=O)c1ccccc1SCc1c(C)noc1C)CC2. The topological polar surface area (TPSA) is 91.1 Å². The van der Waals surface area contributed by atoms with Crippen LogP contribution in [0.2, 0.25) is 0 Å². The molecule has 0 aliphatic carbocycles. The number of aromatic nitrogens is 1. The molecule has 35 heavy (non-hydrogen) atoms. The van der Waals surface area contributed by atoms with E-state index in [-0.39, 0.29) is 12.5 Å². The summed E-state index contributed by atoms with van der Waals surface area (Å²) in [5, 5.41) is 3.98. The van der Waals surface area contributed by atoms with E-state index in [0.29, 0.717) is 42.3 Å². The van der Waals surface area contributed by atoms with Crippen LogP contribution in [0, 0.1) is 13.8 Å². The first-order valence-electron chi connectivity index (χ1n) is 11.2. The van der Waals surface area contributed by atoms with Gasteiger partial charge in [-0.05, 0) is 55.7 Å². The van der Waals surface area contributed by atoms with Gasteiger partial charge >= 0.3 is 5.97 Å². The van der Waals surface area contributed by atoms with Crippen molar-refractivity contribution in [3.05, 3.63) is 70.1 Å². The number of ether oxygens (including phenoxy) is 3. The zero-order valence-electron chi connectivity index (χ0n) is 20.3. The highest BCUT2D eigenvalue weighted by molar-refractivity contribution is 7.98. The molecule has 8 nitrogen and oxygen atoms in total. The maximum atomic E-state index is 12.8. The van der Waals surface area contributed by atoms with Gasteiger partial charge in [0.05, 0.1) is 25.5 Å². The fourth-order valence-electron chi connectivity index (χ4n) is 4.01. The summed E-state index contributed by atoms with van der Waals surface area (Å²) in [5.41, 5.74) is 4.38. The first-order chi connectivity index (χ1) is 16.9. The lowest BCUT2D eigenvalue weighted by Crippen LogP contribution is -2.38. The molecular formula is C26H28N2O6S. The molecule has 9 heteroatoms. The molecule has 0 spiro atoms. The van der Waals surface area contributed by atoms with Crippen molar-refractivity contribution in [1.82, 2.24) is 10.1 Å². The molecule has 0 N–H and O–H groups in total. The summed E-state index contributed by atoms with van der Waals surface area (Å²) in [6.45, 7) is 4.42. The molecule has 0 atom stereocenters. The smallest absolute Gasteiger partial charge is 0.339 e. The van der Waals surface area contributed by atoms with E-state index in [1.165, 1.54) is 11.8 Å². The quantitative estimate of drug-likeness (QED) is 0.336. The number of hydrogen-bond acceptors (Lipinski definition) is 8. The molecule has 184 valence electrons. The van der Waals surface area contributed by atoms with E-state index in [0.717, 1.165) is 33.0 Å². The fraction of sp³-hybridized carbons (Fsp3) is 0.346. The number of carbonyl (C=O) groups excluding carboxylic acids is 2. The summed E-state index contributed by atoms with van der Waals surface area (Å²) in [6.07, 6.45) is 0.691. The lowest BCUT2D eigenvalue weighted by molar-refractivity contribution is -0.135. The van der Waals surface area contributed by atoms with Gasteiger partial charge in [0.2, 0.25) is 0 Å². The molecule has 0 fully saturated rings. The van der Waals surface area contributed by atoms with Crippen molar-refractivity contribution < 1.29 is 28.3 Å². The van der Waals surface area contributed by atoms with Crippen LogP contribution < -0.4 is 9.47 Å². The van der Waals surface area contributed by atoms with Gasteiger partial charge in [-0.25, -0.2) is 4.79 Å². The Labute approximate surface area is 208 Å². The minimum atomic E-state index is -0.524. The molecule has 4 rings (SSSR count). The second-order valence-electron chi connectivity index (χ2n) is 8.20. The zero-order valence-corrected chi connectivity index (χ0v) is 21.1. The van der Waals surface area contributed by atoms with Gasteiger partial charge in [0.1, 0.15) is 5.76 Å². The molecule has 1 aromatic heterocycles. The Morgan fingerprint density at radius 2 is 1.80 bits per heavy atom. The first kappa shape index (κ1) is 24.7. The van der Waals surface area contributed by atoms with Gasteiger partial charge in [0, 0.05) is 29.3 Å². The average molecular weight is 497 g/mol. The molecule has 2 aromatic carbocycles. The van der Waals surface area contributed by atoms with Crippen LogP contribution in [0.15, 0.2) is 45.8 Å². The third-order valence-corrected chi connectivity index (χ3v) is 7.16. The first-order valence-corrected chi connectivity index (χ1v) is 12.2. The van der Waals surface area contributed by atoms with E-state index < -0.39 is 5.97 Å². The lowest BCUT2D eigenvalue weighted by atomic mass is 9.99. The van der Waals surface area contributed by atoms with Crippen LogP contribution in [0.25, 0.3) is 0 Å². The van der Waals surface area contributed by atoms with Crippen molar-refractivity contribution in [2.45, 2.75) is 37.5 Å². The number of amides is 1. The van der Waals surface area contributed by atoms with Gasteiger partial charge in [-0.15, -0.1) is 11.8 Å². The second-order valence-corrected chi connectivity index (χ2v) is 9.22. The fourth-order valence-corrected chi connectivity index (χ4v) is 5.21. The number of nitrogens with zero attached hydrogens (tertiary/aromatic N) is 2. The number of fused-ring (bicyclic) bond motifs is 1. The van der Waals surface area contributed by atoms with Crippen LogP contribution in [0.5, 0.6) is 11.5 Å². The molecule has 1 aliphatic heterocycles. The van der Waals surface area contributed by atoms with Crippen molar-refractivity contribution in [2.75, 3.05) is 27.4 Å². The third kappa shape index (κ3) is 5.45. The second kappa shape index (κ2) is 10.9. The van der Waals surface area contributed by atoms with Crippen molar-refractivity contribution in [3.8, 4) is 11.5 Å². The third-order valence-electron chi connectivity index (χ3n) is 6.06. The predicted molar refractivity (Wildman–Crippen MR) is 131 cm³/mol. The lowest BCUT2D eigenvalue weighted by Gasteiger charge is -2.29. The number of hydrogen-bond donors (Lipinski definition) is 0. The molecule has 0 bridgehead atoms. The molecule has 3 aromatic rings. The molecule has 0 saturated heterocycles. The molecule has 1 aliphatic rings. The Morgan fingerprint density at radius 1 is 1.09 bits per heavy atom. The number of benzene rings is 2. The van der Waals surface area contributed by atoms with E-state index in [1.54, 1.807) is 31.3 Å². The number of aryl methyl sites for hydroxylation is 2. The minimum absolute atomic E-state index is 0.236. The Kier molecular flexibility index (Phi) is 7.65. The Hall–Kier alpha value is -3.46. The number of carbonyl (C=O) groups is 2. The van der Waals surface area contributed by atoms with Crippen molar-refractivity contribution in [3.63, 3.8) is 0 Å². The molecule has 0 unspecified atom stereocenters. The van der Waals surface area contributed by atoms with Crippen LogP contribution >= 0.6 is 11.8 Å². The number of thioether (sulfide) groups is 1. The minimum Gasteiger partial charge on any atom is -0.493 e. The van der Waals surface area contributed by atoms with Crippen molar-refractivity contribution in [1.29, 1.82) is 0 Å². The van der Waals surface area contributed by atoms with E-state index in [4.69, 9.17) is 18.7 Å². The molecular weight excluding hydrogens is 468 g/mol. The monoisotopic (exact) mass is 496 g/mol. The Balaban J connectivity index is 1.37. The summed E-state index contributed by atoms with van der Waals surface area (Å²) >= 11 is 1.50. The van der Waals surface area contributed by atoms with Crippen molar-refractivity contribution >= 4 is 23.6 Å². The van der Waals surface area contributed by atoms with Crippen LogP contribution in [0.4, 0.5) is 0 Å². The summed E-state index contributed by atoms with van der Waals surface area (Å²) in [4.78, 5) is 28.1. The normalized spacial score (nSPS) is 12.7. The number of esters is 1. The van der Waals surface area contributed by atoms with Gasteiger partial charge < -0.3 is 23.6 Å². The summed E-state index contributed by atoms with van der Waals surface area (Å²) in [7, 11) is 3.19. The Morgan fingerprint density at radius 3 is 2.49 bits per heavy atom. The van der Waals surface area contributed by atoms with Gasteiger partial charge in [0.15, 0.2) is 18.1 Å². The maximum Gasteiger partial charge on any atom is 0.339 e. The Bertz CT molecular complexity index is 1220. The number of methoxy groups -OCH3 is 2. The van der Waals surface area contributed by atoms with Gasteiger partial charge in [-0.2, -0.15) is 0 Å². The molecule has 1 amide bonds. The van der Waals surface area contributed by atoms with Crippen LogP contribution in [-0.4, -0.2) is 49.3 Å². The standard InChI is InChI=1S/C26H28N2O6S/c1-16-21(17(2)34-27-16)15-35-24-8-6-5-7-20(24)26(30)33-14-25(29)28-10-9-18-11-22(31-3)23(32-4)12-19(18)13-28/h5-8,11-12H,9-10,13-15H2,1-4H3. The van der Waals surface area contributed by atoms with E-state index in [2.05, 4.69) is 5.16 Å². The average Bonchev–Trinajstić information content (AvgIpc) is 3.21. The van der Waals surface area contributed by atoms with E-state index in [9.17, 15) is 9.59 Å². The highest BCUT2D eigenvalue weighted by Crippen LogP contribution is 2.33. The van der Waals surface area contributed by atoms with Crippen LogP contribution in [0.1, 0.15) is 38.5 Å². The summed E-state index contributed by atoms with van der Waals surface area (Å²) < 4.78 is 21.4. The van der Waals surface area contributed by atoms with Gasteiger partial charge in [-0.3, -0.25) is 4.79 Å². The molecule has 0 radical (unpaired) electrons. The predicted octanol–water partition coefficient (Wildman–Crippen LogP) is 4.34. The van der Waals surface area contributed by atoms with Gasteiger partial charge in [0.25, 0.3) is 5.91 Å². The van der Waals surface area contributed by atoms with Crippen LogP contribution in [0.3, 0.4) is 0 Å². The van der Waals surface area contributed by atoms with E-state index >= 15 is 0 Å². The van der Waals surface area contributed by atoms with Crippen LogP contribution in [-0.2, 0) is 28.2 Å². The molecule has 0 saturated carbocycles. The van der Waals surface area contributed by atoms with Gasteiger partial charge in [-0.1, -0.05) is 17.3 Å². The van der Waals surface area contributed by atoms with E-state index in [1.807, 2.05) is 38.1 Å².